The number of hydrogen-bond donors (Lipinski definition) is 2. The fourth-order valence-corrected chi connectivity index (χ4v) is 4.79. The maximum absolute atomic E-state index is 12.9. The second-order valence-electron chi connectivity index (χ2n) is 6.27. The van der Waals surface area contributed by atoms with Gasteiger partial charge in [-0.15, -0.1) is 12.4 Å². The average molecular weight is 415 g/mol. The number of nitrogens with two attached hydrogens (primary N) is 1. The van der Waals surface area contributed by atoms with E-state index >= 15 is 0 Å². The fourth-order valence-electron chi connectivity index (χ4n) is 3.29. The smallest absolute Gasteiger partial charge is 0.373 e. The van der Waals surface area contributed by atoms with Gasteiger partial charge in [-0.05, 0) is 42.5 Å². The molecule has 148 valence electrons. The van der Waals surface area contributed by atoms with Crippen LogP contribution in [0, 0.1) is 0 Å². The van der Waals surface area contributed by atoms with Crippen molar-refractivity contribution < 1.29 is 22.4 Å². The van der Waals surface area contributed by atoms with E-state index in [9.17, 15) is 13.2 Å². The molecule has 2 aromatic rings. The lowest BCUT2D eigenvalue weighted by atomic mass is 9.88. The molecule has 7 nitrogen and oxygen atoms in total. The highest BCUT2D eigenvalue weighted by atomic mass is 35.5. The molecule has 0 saturated heterocycles. The summed E-state index contributed by atoms with van der Waals surface area (Å²) in [6.07, 6.45) is 2.77. The molecule has 1 aliphatic rings. The van der Waals surface area contributed by atoms with E-state index in [1.165, 1.54) is 13.2 Å². The molecule has 0 radical (unpaired) electrons. The minimum absolute atomic E-state index is 0. The number of nitrogens with one attached hydrogen (secondary N) is 1. The number of rotatable bonds is 5. The zero-order valence-corrected chi connectivity index (χ0v) is 16.8. The summed E-state index contributed by atoms with van der Waals surface area (Å²) in [5.41, 5.74) is 8.49. The summed E-state index contributed by atoms with van der Waals surface area (Å²) in [6.45, 7) is 1.76. The molecule has 1 unspecified atom stereocenters. The van der Waals surface area contributed by atoms with Crippen LogP contribution in [0.4, 0.5) is 5.69 Å². The van der Waals surface area contributed by atoms with Crippen molar-refractivity contribution >= 4 is 34.1 Å². The van der Waals surface area contributed by atoms with Crippen LogP contribution < -0.4 is 10.5 Å². The Morgan fingerprint density at radius 1 is 1.37 bits per heavy atom. The molecule has 3 rings (SSSR count). The lowest BCUT2D eigenvalue weighted by Crippen LogP contribution is -2.31. The van der Waals surface area contributed by atoms with E-state index in [2.05, 4.69) is 9.46 Å². The number of carbonyl (C=O) groups is 1. The van der Waals surface area contributed by atoms with Crippen molar-refractivity contribution in [1.82, 2.24) is 4.72 Å². The highest BCUT2D eigenvalue weighted by Gasteiger charge is 2.30. The van der Waals surface area contributed by atoms with Crippen molar-refractivity contribution in [3.05, 3.63) is 46.9 Å². The third-order valence-corrected chi connectivity index (χ3v) is 6.07. The molecule has 3 N–H and O–H groups in total. The van der Waals surface area contributed by atoms with Gasteiger partial charge in [-0.2, -0.15) is 0 Å². The van der Waals surface area contributed by atoms with Gasteiger partial charge in [0.05, 0.1) is 7.11 Å². The van der Waals surface area contributed by atoms with E-state index in [0.717, 1.165) is 24.0 Å². The van der Waals surface area contributed by atoms with Crippen LogP contribution in [0.15, 0.2) is 33.6 Å². The molecule has 1 atom stereocenters. The fraction of sp³-hybridized carbons (Fsp3) is 0.389. The Balaban J connectivity index is 0.00000261. The lowest BCUT2D eigenvalue weighted by molar-refractivity contribution is 0.0563. The van der Waals surface area contributed by atoms with E-state index in [1.54, 1.807) is 13.0 Å². The van der Waals surface area contributed by atoms with Crippen molar-refractivity contribution in [2.45, 2.75) is 43.5 Å². The van der Waals surface area contributed by atoms with Gasteiger partial charge in [-0.25, -0.2) is 17.9 Å². The molecule has 1 heterocycles. The van der Waals surface area contributed by atoms with E-state index in [0.29, 0.717) is 18.5 Å². The molecule has 1 aromatic heterocycles. The van der Waals surface area contributed by atoms with E-state index in [-0.39, 0.29) is 34.9 Å². The Morgan fingerprint density at radius 2 is 2.11 bits per heavy atom. The molecule has 0 bridgehead atoms. The first kappa shape index (κ1) is 21.3. The van der Waals surface area contributed by atoms with Crippen LogP contribution in [0.5, 0.6) is 0 Å². The van der Waals surface area contributed by atoms with Gasteiger partial charge in [0.25, 0.3) is 0 Å². The first-order valence-corrected chi connectivity index (χ1v) is 9.95. The molecule has 1 aliphatic carbocycles. The van der Waals surface area contributed by atoms with Crippen molar-refractivity contribution in [2.24, 2.45) is 0 Å². The van der Waals surface area contributed by atoms with Crippen molar-refractivity contribution in [3.8, 4) is 0 Å². The number of methoxy groups -OCH3 is 1. The van der Waals surface area contributed by atoms with Gasteiger partial charge in [-0.1, -0.05) is 13.0 Å². The Bertz CT molecular complexity index is 939. The SMILES string of the molecule is CCc1oc(C(=O)OC)cc1S(=O)(=O)NC1CCCc2cc(N)ccc21.Cl. The highest BCUT2D eigenvalue weighted by Crippen LogP contribution is 2.33. The highest BCUT2D eigenvalue weighted by molar-refractivity contribution is 7.89. The molecule has 0 spiro atoms. The number of aryl methyl sites for hydroxylation is 2. The summed E-state index contributed by atoms with van der Waals surface area (Å²) in [6, 6.07) is 6.41. The second-order valence-corrected chi connectivity index (χ2v) is 7.95. The molecule has 0 saturated carbocycles. The summed E-state index contributed by atoms with van der Waals surface area (Å²) >= 11 is 0. The van der Waals surface area contributed by atoms with Crippen molar-refractivity contribution in [2.75, 3.05) is 12.8 Å². The predicted octanol–water partition coefficient (Wildman–Crippen LogP) is 2.99. The Morgan fingerprint density at radius 3 is 2.78 bits per heavy atom. The Kier molecular flexibility index (Phi) is 6.56. The standard InChI is InChI=1S/C18H22N2O5S.ClH/c1-3-15-17(10-16(25-15)18(21)24-2)26(22,23)20-14-6-4-5-11-9-12(19)7-8-13(11)14;/h7-10,14,20H,3-6,19H2,1-2H3;1H. The quantitative estimate of drug-likeness (QED) is 0.574. The van der Waals surface area contributed by atoms with Gasteiger partial charge >= 0.3 is 5.97 Å². The molecule has 0 amide bonds. The Hall–Kier alpha value is -2.03. The van der Waals surface area contributed by atoms with Crippen LogP contribution in [0.3, 0.4) is 0 Å². The number of fused-ring (bicyclic) bond motifs is 1. The topological polar surface area (TPSA) is 112 Å². The summed E-state index contributed by atoms with van der Waals surface area (Å²) in [5.74, 6) is -0.604. The maximum atomic E-state index is 12.9. The van der Waals surface area contributed by atoms with Crippen molar-refractivity contribution in [3.63, 3.8) is 0 Å². The van der Waals surface area contributed by atoms with Gasteiger partial charge in [0.2, 0.25) is 15.8 Å². The number of nitrogen functional groups attached to an aromatic ring is 1. The number of benzene rings is 1. The molecular weight excluding hydrogens is 392 g/mol. The lowest BCUT2D eigenvalue weighted by Gasteiger charge is -2.26. The van der Waals surface area contributed by atoms with Gasteiger partial charge in [0, 0.05) is 24.2 Å². The largest absolute Gasteiger partial charge is 0.463 e. The van der Waals surface area contributed by atoms with Gasteiger partial charge in [0.15, 0.2) is 0 Å². The van der Waals surface area contributed by atoms with Crippen molar-refractivity contribution in [1.29, 1.82) is 0 Å². The number of anilines is 1. The van der Waals surface area contributed by atoms with Crippen LogP contribution in [0.2, 0.25) is 0 Å². The second kappa shape index (κ2) is 8.33. The third-order valence-electron chi connectivity index (χ3n) is 4.55. The first-order valence-electron chi connectivity index (χ1n) is 8.47. The number of furan rings is 1. The molecule has 9 heteroatoms. The molecule has 1 aromatic carbocycles. The summed E-state index contributed by atoms with van der Waals surface area (Å²) in [7, 11) is -2.64. The third kappa shape index (κ3) is 4.28. The van der Waals surface area contributed by atoms with Gasteiger partial charge in [-0.3, -0.25) is 0 Å². The monoisotopic (exact) mass is 414 g/mol. The summed E-state index contributed by atoms with van der Waals surface area (Å²) < 4.78 is 38.6. The Labute approximate surface area is 164 Å². The maximum Gasteiger partial charge on any atom is 0.373 e. The van der Waals surface area contributed by atoms with E-state index in [4.69, 9.17) is 10.2 Å². The van der Waals surface area contributed by atoms with Gasteiger partial charge < -0.3 is 14.9 Å². The number of sulfonamides is 1. The number of carbonyl (C=O) groups excluding carboxylic acids is 1. The molecule has 0 aliphatic heterocycles. The average Bonchev–Trinajstić information content (AvgIpc) is 3.06. The van der Waals surface area contributed by atoms with Crippen LogP contribution in [0.25, 0.3) is 0 Å². The number of ether oxygens (including phenoxy) is 1. The zero-order valence-electron chi connectivity index (χ0n) is 15.2. The molecular formula is C18H23ClN2O5S. The normalized spacial score (nSPS) is 16.3. The number of hydrogen-bond acceptors (Lipinski definition) is 6. The number of esters is 1. The van der Waals surface area contributed by atoms with Gasteiger partial charge in [0.1, 0.15) is 10.7 Å². The van der Waals surface area contributed by atoms with Crippen LogP contribution in [-0.4, -0.2) is 21.5 Å². The first-order chi connectivity index (χ1) is 12.4. The summed E-state index contributed by atoms with van der Waals surface area (Å²) in [4.78, 5) is 11.6. The molecule has 27 heavy (non-hydrogen) atoms. The zero-order chi connectivity index (χ0) is 18.9. The van der Waals surface area contributed by atoms with E-state index < -0.39 is 16.0 Å². The minimum Gasteiger partial charge on any atom is -0.463 e. The minimum atomic E-state index is -3.86. The molecule has 0 fully saturated rings. The number of halogens is 1. The van der Waals surface area contributed by atoms with Crippen LogP contribution >= 0.6 is 12.4 Å². The summed E-state index contributed by atoms with van der Waals surface area (Å²) in [5, 5.41) is 0. The van der Waals surface area contributed by atoms with E-state index in [1.807, 2.05) is 12.1 Å². The van der Waals surface area contributed by atoms with Crippen LogP contribution in [0.1, 0.15) is 53.2 Å². The predicted molar refractivity (Wildman–Crippen MR) is 104 cm³/mol. The van der Waals surface area contributed by atoms with Crippen LogP contribution in [-0.2, 0) is 27.6 Å².